The second-order valence-corrected chi connectivity index (χ2v) is 7.06. The van der Waals surface area contributed by atoms with Gasteiger partial charge in [-0.05, 0) is 52.0 Å². The van der Waals surface area contributed by atoms with Crippen LogP contribution in [0.5, 0.6) is 0 Å². The molecule has 0 amide bonds. The number of nitrogens with zero attached hydrogens (tertiary/aromatic N) is 4. The first-order chi connectivity index (χ1) is 13.9. The minimum Gasteiger partial charge on any atom is -0.380 e. The van der Waals surface area contributed by atoms with Crippen LogP contribution in [-0.4, -0.2) is 22.9 Å². The maximum atomic E-state index is 9.52. The highest BCUT2D eigenvalue weighted by atomic mass is 16.5. The van der Waals surface area contributed by atoms with Gasteiger partial charge in [0.15, 0.2) is 5.82 Å². The number of hydrazone groups is 1. The summed E-state index contributed by atoms with van der Waals surface area (Å²) in [5, 5.41) is 13.9. The molecule has 0 fully saturated rings. The molecule has 0 radical (unpaired) electrons. The molecule has 0 aliphatic heterocycles. The zero-order valence-electron chi connectivity index (χ0n) is 17.4. The Balaban J connectivity index is 1.88. The minimum atomic E-state index is 0.350. The predicted octanol–water partition coefficient (Wildman–Crippen LogP) is 4.57. The summed E-state index contributed by atoms with van der Waals surface area (Å²) in [6.45, 7) is 8.45. The van der Waals surface area contributed by atoms with E-state index in [0.717, 1.165) is 33.9 Å². The molecule has 3 rings (SSSR count). The van der Waals surface area contributed by atoms with Crippen molar-refractivity contribution in [2.45, 2.75) is 34.3 Å². The van der Waals surface area contributed by atoms with E-state index in [1.807, 2.05) is 13.0 Å². The van der Waals surface area contributed by atoms with Crippen molar-refractivity contribution in [3.8, 4) is 11.8 Å². The molecular weight excluding hydrogens is 362 g/mol. The fourth-order valence-electron chi connectivity index (χ4n) is 3.39. The topological polar surface area (TPSA) is 75.2 Å². The summed E-state index contributed by atoms with van der Waals surface area (Å²) >= 11 is 0. The van der Waals surface area contributed by atoms with Crippen molar-refractivity contribution in [1.29, 1.82) is 5.26 Å². The average molecular weight is 387 g/mol. The zero-order valence-corrected chi connectivity index (χ0v) is 17.4. The van der Waals surface area contributed by atoms with Crippen LogP contribution in [0, 0.1) is 39.0 Å². The summed E-state index contributed by atoms with van der Waals surface area (Å²) in [6, 6.07) is 14.6. The monoisotopic (exact) mass is 387 g/mol. The van der Waals surface area contributed by atoms with Crippen LogP contribution in [0.1, 0.15) is 39.3 Å². The van der Waals surface area contributed by atoms with Gasteiger partial charge in [-0.3, -0.25) is 5.43 Å². The summed E-state index contributed by atoms with van der Waals surface area (Å²) < 4.78 is 7.38. The number of hydrogen-bond donors (Lipinski definition) is 1. The van der Waals surface area contributed by atoms with Gasteiger partial charge in [0.05, 0.1) is 12.8 Å². The molecule has 0 saturated heterocycles. The van der Waals surface area contributed by atoms with Crippen molar-refractivity contribution in [3.05, 3.63) is 75.7 Å². The molecule has 0 unspecified atom stereocenters. The molecule has 0 aliphatic carbocycles. The SMILES string of the molecule is COCc1cc(C)nc(N/N=C\c2cc(C)n(-c3ccc(C)cc3)c2C)c1C#N. The molecular formula is C23H25N5O. The Kier molecular flexibility index (Phi) is 6.10. The van der Waals surface area contributed by atoms with E-state index in [4.69, 9.17) is 4.74 Å². The molecule has 0 aliphatic rings. The number of methoxy groups -OCH3 is 1. The number of nitrogens with one attached hydrogen (secondary N) is 1. The van der Waals surface area contributed by atoms with Gasteiger partial charge in [0.25, 0.3) is 0 Å². The van der Waals surface area contributed by atoms with E-state index in [0.29, 0.717) is 18.0 Å². The third-order valence-corrected chi connectivity index (χ3v) is 4.78. The second-order valence-electron chi connectivity index (χ2n) is 7.06. The van der Waals surface area contributed by atoms with Gasteiger partial charge in [-0.25, -0.2) is 4.98 Å². The standard InChI is InChI=1S/C23H25N5O/c1-15-6-8-21(9-7-15)28-17(3)11-19(18(28)4)13-25-27-23-22(12-24)20(14-29-5)10-16(2)26-23/h6-11,13H,14H2,1-5H3,(H,26,27)/b25-13-. The third kappa shape index (κ3) is 4.36. The number of benzene rings is 1. The summed E-state index contributed by atoms with van der Waals surface area (Å²) in [7, 11) is 1.60. The highest BCUT2D eigenvalue weighted by Crippen LogP contribution is 2.21. The molecule has 29 heavy (non-hydrogen) atoms. The van der Waals surface area contributed by atoms with Crippen LogP contribution in [0.3, 0.4) is 0 Å². The second kappa shape index (κ2) is 8.72. The number of hydrogen-bond acceptors (Lipinski definition) is 5. The number of anilines is 1. The molecule has 148 valence electrons. The summed E-state index contributed by atoms with van der Waals surface area (Å²) in [6.07, 6.45) is 1.76. The van der Waals surface area contributed by atoms with E-state index < -0.39 is 0 Å². The van der Waals surface area contributed by atoms with Gasteiger partial charge in [-0.1, -0.05) is 17.7 Å². The smallest absolute Gasteiger partial charge is 0.164 e. The fourth-order valence-corrected chi connectivity index (χ4v) is 3.39. The normalized spacial score (nSPS) is 11.0. The van der Waals surface area contributed by atoms with E-state index in [1.54, 1.807) is 13.3 Å². The average Bonchev–Trinajstić information content (AvgIpc) is 2.96. The molecule has 2 heterocycles. The van der Waals surface area contributed by atoms with Crippen molar-refractivity contribution in [2.75, 3.05) is 12.5 Å². The Bertz CT molecular complexity index is 1090. The lowest BCUT2D eigenvalue weighted by atomic mass is 10.1. The summed E-state index contributed by atoms with van der Waals surface area (Å²) in [5.74, 6) is 0.433. The van der Waals surface area contributed by atoms with Crippen molar-refractivity contribution >= 4 is 12.0 Å². The van der Waals surface area contributed by atoms with Crippen LogP contribution in [0.25, 0.3) is 5.69 Å². The van der Waals surface area contributed by atoms with Crippen molar-refractivity contribution in [3.63, 3.8) is 0 Å². The van der Waals surface area contributed by atoms with Crippen LogP contribution in [0.4, 0.5) is 5.82 Å². The molecule has 0 saturated carbocycles. The van der Waals surface area contributed by atoms with E-state index in [2.05, 4.69) is 77.3 Å². The third-order valence-electron chi connectivity index (χ3n) is 4.78. The molecule has 6 heteroatoms. The number of ether oxygens (including phenoxy) is 1. The Morgan fingerprint density at radius 3 is 2.55 bits per heavy atom. The molecule has 1 N–H and O–H groups in total. The van der Waals surface area contributed by atoms with Crippen LogP contribution in [0.2, 0.25) is 0 Å². The van der Waals surface area contributed by atoms with Crippen LogP contribution in [0.15, 0.2) is 41.5 Å². The van der Waals surface area contributed by atoms with Gasteiger partial charge >= 0.3 is 0 Å². The number of aryl methyl sites for hydroxylation is 3. The molecule has 0 atom stereocenters. The number of pyridine rings is 1. The first kappa shape index (κ1) is 20.3. The Morgan fingerprint density at radius 1 is 1.17 bits per heavy atom. The maximum absolute atomic E-state index is 9.52. The fraction of sp³-hybridized carbons (Fsp3) is 0.261. The number of aromatic nitrogens is 2. The van der Waals surface area contributed by atoms with Crippen LogP contribution < -0.4 is 5.43 Å². The predicted molar refractivity (Wildman–Crippen MR) is 116 cm³/mol. The first-order valence-corrected chi connectivity index (χ1v) is 9.39. The highest BCUT2D eigenvalue weighted by Gasteiger charge is 2.12. The molecule has 0 bridgehead atoms. The van der Waals surface area contributed by atoms with Crippen molar-refractivity contribution < 1.29 is 4.74 Å². The van der Waals surface area contributed by atoms with Crippen molar-refractivity contribution in [2.24, 2.45) is 5.10 Å². The lowest BCUT2D eigenvalue weighted by Gasteiger charge is -2.10. The largest absolute Gasteiger partial charge is 0.380 e. The highest BCUT2D eigenvalue weighted by molar-refractivity contribution is 5.82. The van der Waals surface area contributed by atoms with Gasteiger partial charge < -0.3 is 9.30 Å². The Labute approximate surface area is 171 Å². The van der Waals surface area contributed by atoms with Gasteiger partial charge in [-0.15, -0.1) is 0 Å². The van der Waals surface area contributed by atoms with E-state index in [9.17, 15) is 5.26 Å². The molecule has 3 aromatic rings. The maximum Gasteiger partial charge on any atom is 0.164 e. The lowest BCUT2D eigenvalue weighted by molar-refractivity contribution is 0.184. The van der Waals surface area contributed by atoms with E-state index >= 15 is 0 Å². The number of rotatable bonds is 6. The molecule has 1 aromatic carbocycles. The number of nitriles is 1. The lowest BCUT2D eigenvalue weighted by Crippen LogP contribution is -2.04. The Morgan fingerprint density at radius 2 is 1.90 bits per heavy atom. The zero-order chi connectivity index (χ0) is 21.0. The molecule has 2 aromatic heterocycles. The van der Waals surface area contributed by atoms with Crippen LogP contribution in [-0.2, 0) is 11.3 Å². The summed E-state index contributed by atoms with van der Waals surface area (Å²) in [4.78, 5) is 4.41. The molecule has 6 nitrogen and oxygen atoms in total. The molecule has 0 spiro atoms. The van der Waals surface area contributed by atoms with Gasteiger partial charge in [-0.2, -0.15) is 10.4 Å². The Hall–Kier alpha value is -3.43. The van der Waals surface area contributed by atoms with Gasteiger partial charge in [0.1, 0.15) is 11.6 Å². The summed E-state index contributed by atoms with van der Waals surface area (Å²) in [5.41, 5.74) is 10.5. The first-order valence-electron chi connectivity index (χ1n) is 9.39. The van der Waals surface area contributed by atoms with Crippen molar-refractivity contribution in [1.82, 2.24) is 9.55 Å². The van der Waals surface area contributed by atoms with E-state index in [-0.39, 0.29) is 0 Å². The van der Waals surface area contributed by atoms with Gasteiger partial charge in [0.2, 0.25) is 0 Å². The minimum absolute atomic E-state index is 0.350. The van der Waals surface area contributed by atoms with Gasteiger partial charge in [0, 0.05) is 41.0 Å². The van der Waals surface area contributed by atoms with Crippen LogP contribution >= 0.6 is 0 Å². The quantitative estimate of drug-likeness (QED) is 0.497. The van der Waals surface area contributed by atoms with E-state index in [1.165, 1.54) is 5.56 Å².